The Balaban J connectivity index is 1.58. The van der Waals surface area contributed by atoms with Gasteiger partial charge >= 0.3 is 0 Å². The second kappa shape index (κ2) is 7.13. The van der Waals surface area contributed by atoms with Gasteiger partial charge in [0.05, 0.1) is 4.90 Å². The summed E-state index contributed by atoms with van der Waals surface area (Å²) in [4.78, 5) is 7.18. The molecule has 0 aromatic heterocycles. The average Bonchev–Trinajstić information content (AvgIpc) is 2.99. The van der Waals surface area contributed by atoms with Crippen molar-refractivity contribution in [3.63, 3.8) is 0 Å². The Labute approximate surface area is 145 Å². The van der Waals surface area contributed by atoms with Crippen LogP contribution in [0.5, 0.6) is 0 Å². The number of nitrogens with one attached hydrogen (secondary N) is 1. The third-order valence-corrected chi connectivity index (χ3v) is 6.42. The highest BCUT2D eigenvalue weighted by Crippen LogP contribution is 2.35. The first-order chi connectivity index (χ1) is 11.5. The Morgan fingerprint density at radius 2 is 1.75 bits per heavy atom. The Hall–Kier alpha value is -1.56. The van der Waals surface area contributed by atoms with Crippen LogP contribution in [0.4, 0.5) is 0 Å². The number of sulfone groups is 1. The van der Waals surface area contributed by atoms with Crippen LogP contribution in [0.25, 0.3) is 0 Å². The molecule has 2 atom stereocenters. The van der Waals surface area contributed by atoms with Crippen molar-refractivity contribution in [2.75, 3.05) is 26.4 Å². The van der Waals surface area contributed by atoms with Gasteiger partial charge in [0.2, 0.25) is 0 Å². The van der Waals surface area contributed by atoms with Crippen molar-refractivity contribution in [3.05, 3.63) is 29.8 Å². The van der Waals surface area contributed by atoms with Gasteiger partial charge in [0.25, 0.3) is 0 Å². The highest BCUT2D eigenvalue weighted by Gasteiger charge is 2.35. The van der Waals surface area contributed by atoms with Gasteiger partial charge in [-0.3, -0.25) is 4.99 Å². The van der Waals surface area contributed by atoms with E-state index in [4.69, 9.17) is 0 Å². The lowest BCUT2D eigenvalue weighted by Gasteiger charge is -2.22. The number of hydrogen-bond donors (Lipinski definition) is 1. The molecule has 1 saturated carbocycles. The Morgan fingerprint density at radius 1 is 1.17 bits per heavy atom. The van der Waals surface area contributed by atoms with Crippen molar-refractivity contribution >= 4 is 15.8 Å². The number of guanidine groups is 1. The normalized spacial score (nSPS) is 24.8. The molecule has 1 heterocycles. The van der Waals surface area contributed by atoms with Crippen molar-refractivity contribution in [1.82, 2.24) is 10.2 Å². The fourth-order valence-electron chi connectivity index (χ4n) is 3.95. The van der Waals surface area contributed by atoms with Gasteiger partial charge in [0, 0.05) is 32.9 Å². The molecule has 1 aromatic rings. The lowest BCUT2D eigenvalue weighted by molar-refractivity contribution is 0.299. The van der Waals surface area contributed by atoms with Gasteiger partial charge in [0.15, 0.2) is 15.8 Å². The number of rotatable bonds is 3. The Bertz CT molecular complexity index is 683. The largest absolute Gasteiger partial charge is 0.352 e. The molecular weight excluding hydrogens is 322 g/mol. The highest BCUT2D eigenvalue weighted by atomic mass is 32.2. The van der Waals surface area contributed by atoms with Gasteiger partial charge < -0.3 is 10.2 Å². The molecule has 1 saturated heterocycles. The predicted molar refractivity (Wildman–Crippen MR) is 96.8 cm³/mol. The van der Waals surface area contributed by atoms with Crippen molar-refractivity contribution in [1.29, 1.82) is 0 Å². The molecule has 24 heavy (non-hydrogen) atoms. The van der Waals surface area contributed by atoms with Crippen LogP contribution >= 0.6 is 0 Å². The zero-order chi connectivity index (χ0) is 17.2. The molecule has 0 bridgehead atoms. The molecule has 2 aliphatic rings. The van der Waals surface area contributed by atoms with Crippen molar-refractivity contribution < 1.29 is 8.42 Å². The van der Waals surface area contributed by atoms with E-state index in [2.05, 4.69) is 15.2 Å². The lowest BCUT2D eigenvalue weighted by Crippen LogP contribution is -2.39. The van der Waals surface area contributed by atoms with E-state index < -0.39 is 9.84 Å². The molecule has 5 nitrogen and oxygen atoms in total. The number of aliphatic imine (C=N–C) groups is 1. The summed E-state index contributed by atoms with van der Waals surface area (Å²) in [5.74, 6) is 2.61. The fraction of sp³-hybridized carbons (Fsp3) is 0.611. The third-order valence-electron chi connectivity index (χ3n) is 5.29. The molecule has 0 spiro atoms. The van der Waals surface area contributed by atoms with Crippen molar-refractivity contribution in [3.8, 4) is 0 Å². The fourth-order valence-corrected chi connectivity index (χ4v) is 4.58. The summed E-state index contributed by atoms with van der Waals surface area (Å²) in [6.07, 6.45) is 6.67. The molecule has 2 unspecified atom stereocenters. The summed E-state index contributed by atoms with van der Waals surface area (Å²) in [6, 6.07) is 7.06. The Morgan fingerprint density at radius 3 is 2.25 bits per heavy atom. The zero-order valence-corrected chi connectivity index (χ0v) is 15.3. The molecule has 0 amide bonds. The van der Waals surface area contributed by atoms with Gasteiger partial charge in [0.1, 0.15) is 0 Å². The molecule has 1 aliphatic carbocycles. The molecule has 132 valence electrons. The third kappa shape index (κ3) is 3.91. The van der Waals surface area contributed by atoms with Crippen molar-refractivity contribution in [2.45, 2.75) is 37.1 Å². The zero-order valence-electron chi connectivity index (χ0n) is 14.5. The van der Waals surface area contributed by atoms with Gasteiger partial charge in [-0.05, 0) is 42.4 Å². The number of benzene rings is 1. The average molecular weight is 350 g/mol. The van der Waals surface area contributed by atoms with Crippen LogP contribution in [0.2, 0.25) is 0 Å². The summed E-state index contributed by atoms with van der Waals surface area (Å²) in [7, 11) is -1.30. The smallest absolute Gasteiger partial charge is 0.193 e. The van der Waals surface area contributed by atoms with Crippen LogP contribution in [0, 0.1) is 11.8 Å². The number of hydrogen-bond acceptors (Lipinski definition) is 3. The molecule has 2 fully saturated rings. The minimum atomic E-state index is -3.13. The number of nitrogens with zero attached hydrogens (tertiary/aromatic N) is 2. The summed E-state index contributed by atoms with van der Waals surface area (Å²) in [5, 5.41) is 3.42. The summed E-state index contributed by atoms with van der Waals surface area (Å²) < 4.78 is 23.0. The van der Waals surface area contributed by atoms with Gasteiger partial charge in [-0.25, -0.2) is 8.42 Å². The minimum absolute atomic E-state index is 0.360. The van der Waals surface area contributed by atoms with Crippen molar-refractivity contribution in [2.24, 2.45) is 16.8 Å². The van der Waals surface area contributed by atoms with E-state index in [1.165, 1.54) is 31.9 Å². The molecule has 6 heteroatoms. The maximum Gasteiger partial charge on any atom is 0.193 e. The Kier molecular flexibility index (Phi) is 5.13. The summed E-state index contributed by atoms with van der Waals surface area (Å²) >= 11 is 0. The van der Waals surface area contributed by atoms with Crippen LogP contribution in [0.15, 0.2) is 34.2 Å². The molecule has 3 rings (SSSR count). The van der Waals surface area contributed by atoms with E-state index in [0.717, 1.165) is 36.4 Å². The predicted octanol–water partition coefficient (Wildman–Crippen LogP) is 2.29. The first-order valence-corrected chi connectivity index (χ1v) is 10.6. The van der Waals surface area contributed by atoms with E-state index in [1.807, 2.05) is 19.2 Å². The van der Waals surface area contributed by atoms with Crippen LogP contribution < -0.4 is 5.32 Å². The highest BCUT2D eigenvalue weighted by molar-refractivity contribution is 7.90. The second-order valence-electron chi connectivity index (χ2n) is 7.03. The maximum atomic E-state index is 11.5. The van der Waals surface area contributed by atoms with Gasteiger partial charge in [-0.1, -0.05) is 25.0 Å². The molecule has 1 aliphatic heterocycles. The number of fused-ring (bicyclic) bond motifs is 1. The quantitative estimate of drug-likeness (QED) is 0.672. The summed E-state index contributed by atoms with van der Waals surface area (Å²) in [6.45, 7) is 2.87. The topological polar surface area (TPSA) is 61.8 Å². The van der Waals surface area contributed by atoms with E-state index in [1.54, 1.807) is 12.1 Å². The molecule has 0 radical (unpaired) electrons. The van der Waals surface area contributed by atoms with E-state index in [0.29, 0.717) is 11.4 Å². The first kappa shape index (κ1) is 17.3. The minimum Gasteiger partial charge on any atom is -0.352 e. The molecule has 1 aromatic carbocycles. The van der Waals surface area contributed by atoms with Crippen LogP contribution in [-0.4, -0.2) is 45.7 Å². The van der Waals surface area contributed by atoms with E-state index in [-0.39, 0.29) is 0 Å². The van der Waals surface area contributed by atoms with E-state index in [9.17, 15) is 8.42 Å². The SMILES string of the molecule is CN=C(NCc1ccc(S(C)(=O)=O)cc1)N1CC2CCCCC2C1. The number of likely N-dealkylation sites (tertiary alicyclic amines) is 1. The maximum absolute atomic E-state index is 11.5. The van der Waals surface area contributed by atoms with Gasteiger partial charge in [-0.15, -0.1) is 0 Å². The monoisotopic (exact) mass is 349 g/mol. The van der Waals surface area contributed by atoms with E-state index >= 15 is 0 Å². The van der Waals surface area contributed by atoms with Crippen LogP contribution in [0.3, 0.4) is 0 Å². The standard InChI is InChI=1S/C18H27N3O2S/c1-19-18(21-12-15-5-3-4-6-16(15)13-21)20-11-14-7-9-17(10-8-14)24(2,22)23/h7-10,15-16H,3-6,11-13H2,1-2H3,(H,19,20). The lowest BCUT2D eigenvalue weighted by atomic mass is 9.82. The second-order valence-corrected chi connectivity index (χ2v) is 9.04. The first-order valence-electron chi connectivity index (χ1n) is 8.72. The molecule has 1 N–H and O–H groups in total. The van der Waals surface area contributed by atoms with Crippen LogP contribution in [0.1, 0.15) is 31.2 Å². The van der Waals surface area contributed by atoms with Crippen LogP contribution in [-0.2, 0) is 16.4 Å². The summed E-state index contributed by atoms with van der Waals surface area (Å²) in [5.41, 5.74) is 1.06. The van der Waals surface area contributed by atoms with Gasteiger partial charge in [-0.2, -0.15) is 0 Å². The molecular formula is C18H27N3O2S.